The summed E-state index contributed by atoms with van der Waals surface area (Å²) in [6, 6.07) is 14.2. The van der Waals surface area contributed by atoms with Crippen LogP contribution in [0.3, 0.4) is 0 Å². The Labute approximate surface area is 152 Å². The molecule has 1 aromatic heterocycles. The van der Waals surface area contributed by atoms with Crippen molar-refractivity contribution in [3.63, 3.8) is 0 Å². The zero-order valence-corrected chi connectivity index (χ0v) is 14.8. The van der Waals surface area contributed by atoms with Crippen molar-refractivity contribution in [2.45, 2.75) is 25.8 Å². The lowest BCUT2D eigenvalue weighted by molar-refractivity contribution is -0.122. The van der Waals surface area contributed by atoms with Crippen LogP contribution in [0.1, 0.15) is 18.4 Å². The molecule has 1 amide bonds. The summed E-state index contributed by atoms with van der Waals surface area (Å²) in [7, 11) is 0. The van der Waals surface area contributed by atoms with Gasteiger partial charge in [0.15, 0.2) is 0 Å². The van der Waals surface area contributed by atoms with E-state index < -0.39 is 0 Å². The van der Waals surface area contributed by atoms with Crippen LogP contribution in [0.2, 0.25) is 0 Å². The maximum absolute atomic E-state index is 12.2. The number of amides is 1. The monoisotopic (exact) mass is 356 g/mol. The normalized spacial score (nSPS) is 19.1. The number of fused-ring (bicyclic) bond motifs is 1. The van der Waals surface area contributed by atoms with Gasteiger partial charge in [-0.1, -0.05) is 12.1 Å². The molecule has 3 N–H and O–H groups in total. The molecule has 1 aliphatic carbocycles. The van der Waals surface area contributed by atoms with Crippen LogP contribution < -0.4 is 11.1 Å². The van der Waals surface area contributed by atoms with Crippen molar-refractivity contribution >= 4 is 34.9 Å². The molecule has 6 heteroatoms. The van der Waals surface area contributed by atoms with Gasteiger partial charge < -0.3 is 11.1 Å². The number of nitrogens with zero attached hydrogens (tertiary/aromatic N) is 2. The molecule has 4 rings (SSSR count). The number of hydrogen-bond donors (Lipinski definition) is 2. The maximum atomic E-state index is 12.2. The SMILES string of the molecule is Cc1cccc(-n2ncc3ccc(NC(=O)C4CC(N)C4)cc32)c1.Cl. The second-order valence-corrected chi connectivity index (χ2v) is 6.59. The molecular weight excluding hydrogens is 336 g/mol. The molecule has 3 aromatic rings. The van der Waals surface area contributed by atoms with Crippen LogP contribution in [-0.2, 0) is 4.79 Å². The van der Waals surface area contributed by atoms with Crippen molar-refractivity contribution in [3.05, 3.63) is 54.2 Å². The molecule has 0 spiro atoms. The number of nitrogens with one attached hydrogen (secondary N) is 1. The van der Waals surface area contributed by atoms with Gasteiger partial charge in [-0.2, -0.15) is 5.10 Å². The van der Waals surface area contributed by atoms with Gasteiger partial charge in [-0.15, -0.1) is 12.4 Å². The van der Waals surface area contributed by atoms with Gasteiger partial charge in [0.05, 0.1) is 17.4 Å². The maximum Gasteiger partial charge on any atom is 0.227 e. The molecule has 0 saturated heterocycles. The van der Waals surface area contributed by atoms with Crippen LogP contribution in [0.15, 0.2) is 48.7 Å². The third kappa shape index (κ3) is 3.38. The van der Waals surface area contributed by atoms with Gasteiger partial charge >= 0.3 is 0 Å². The largest absolute Gasteiger partial charge is 0.328 e. The lowest BCUT2D eigenvalue weighted by atomic mass is 9.80. The summed E-state index contributed by atoms with van der Waals surface area (Å²) >= 11 is 0. The molecule has 0 unspecified atom stereocenters. The summed E-state index contributed by atoms with van der Waals surface area (Å²) < 4.78 is 1.90. The van der Waals surface area contributed by atoms with E-state index in [1.807, 2.05) is 41.2 Å². The standard InChI is InChI=1S/C19H20N4O.ClH/c1-12-3-2-4-17(7-12)23-18-10-16(6-5-13(18)11-21-23)22-19(24)14-8-15(20)9-14;/h2-7,10-11,14-15H,8-9,20H2,1H3,(H,22,24);1H. The molecule has 0 radical (unpaired) electrons. The van der Waals surface area contributed by atoms with Gasteiger partial charge in [0.25, 0.3) is 0 Å². The van der Waals surface area contributed by atoms with E-state index in [-0.39, 0.29) is 30.3 Å². The molecule has 130 valence electrons. The van der Waals surface area contributed by atoms with Crippen LogP contribution in [-0.4, -0.2) is 21.7 Å². The minimum absolute atomic E-state index is 0. The van der Waals surface area contributed by atoms with E-state index >= 15 is 0 Å². The van der Waals surface area contributed by atoms with Crippen molar-refractivity contribution in [1.29, 1.82) is 0 Å². The van der Waals surface area contributed by atoms with Crippen molar-refractivity contribution in [2.75, 3.05) is 5.32 Å². The van der Waals surface area contributed by atoms with E-state index in [0.29, 0.717) is 0 Å². The summed E-state index contributed by atoms with van der Waals surface area (Å²) in [4.78, 5) is 12.2. The average molecular weight is 357 g/mol. The molecule has 1 fully saturated rings. The molecule has 1 aliphatic rings. The van der Waals surface area contributed by atoms with E-state index in [1.165, 1.54) is 5.56 Å². The lowest BCUT2D eigenvalue weighted by Gasteiger charge is -2.31. The zero-order chi connectivity index (χ0) is 16.7. The Balaban J connectivity index is 0.00000182. The number of anilines is 1. The third-order valence-corrected chi connectivity index (χ3v) is 4.63. The minimum atomic E-state index is 0. The number of carbonyl (C=O) groups excluding carboxylic acids is 1. The summed E-state index contributed by atoms with van der Waals surface area (Å²) in [6.45, 7) is 2.06. The number of aryl methyl sites for hydroxylation is 1. The van der Waals surface area contributed by atoms with Crippen molar-refractivity contribution in [1.82, 2.24) is 9.78 Å². The van der Waals surface area contributed by atoms with Gasteiger partial charge in [0, 0.05) is 23.0 Å². The fourth-order valence-corrected chi connectivity index (χ4v) is 3.18. The number of halogens is 1. The Morgan fingerprint density at radius 2 is 2.04 bits per heavy atom. The molecule has 1 heterocycles. The van der Waals surface area contributed by atoms with Crippen molar-refractivity contribution < 1.29 is 4.79 Å². The van der Waals surface area contributed by atoms with Gasteiger partial charge in [-0.05, 0) is 55.7 Å². The van der Waals surface area contributed by atoms with E-state index in [9.17, 15) is 4.79 Å². The van der Waals surface area contributed by atoms with E-state index in [4.69, 9.17) is 5.73 Å². The summed E-state index contributed by atoms with van der Waals surface area (Å²) in [5.41, 5.74) is 9.73. The van der Waals surface area contributed by atoms with Gasteiger partial charge in [0.2, 0.25) is 5.91 Å². The van der Waals surface area contributed by atoms with Crippen LogP contribution >= 0.6 is 12.4 Å². The Morgan fingerprint density at radius 3 is 2.76 bits per heavy atom. The molecule has 0 bridgehead atoms. The van der Waals surface area contributed by atoms with E-state index in [1.54, 1.807) is 0 Å². The molecular formula is C19H21ClN4O. The first kappa shape index (κ1) is 17.5. The summed E-state index contributed by atoms with van der Waals surface area (Å²) in [6.07, 6.45) is 3.39. The first-order valence-electron chi connectivity index (χ1n) is 8.21. The van der Waals surface area contributed by atoms with E-state index in [2.05, 4.69) is 29.5 Å². The Morgan fingerprint density at radius 1 is 1.24 bits per heavy atom. The molecule has 1 saturated carbocycles. The predicted molar refractivity (Wildman–Crippen MR) is 102 cm³/mol. The molecule has 5 nitrogen and oxygen atoms in total. The number of nitrogens with two attached hydrogens (primary N) is 1. The van der Waals surface area contributed by atoms with Crippen molar-refractivity contribution in [2.24, 2.45) is 11.7 Å². The van der Waals surface area contributed by atoms with Gasteiger partial charge in [-0.3, -0.25) is 4.79 Å². The zero-order valence-electron chi connectivity index (χ0n) is 14.0. The molecule has 25 heavy (non-hydrogen) atoms. The third-order valence-electron chi connectivity index (χ3n) is 4.63. The van der Waals surface area contributed by atoms with Crippen LogP contribution in [0, 0.1) is 12.8 Å². The molecule has 0 aliphatic heterocycles. The quantitative estimate of drug-likeness (QED) is 0.755. The topological polar surface area (TPSA) is 72.9 Å². The van der Waals surface area contributed by atoms with E-state index in [0.717, 1.165) is 35.1 Å². The van der Waals surface area contributed by atoms with Gasteiger partial charge in [-0.25, -0.2) is 4.68 Å². The predicted octanol–water partition coefficient (Wildman–Crippen LogP) is 3.43. The first-order valence-corrected chi connectivity index (χ1v) is 8.21. The summed E-state index contributed by atoms with van der Waals surface area (Å²) in [5, 5.41) is 8.53. The van der Waals surface area contributed by atoms with Gasteiger partial charge in [0.1, 0.15) is 0 Å². The fourth-order valence-electron chi connectivity index (χ4n) is 3.18. The second-order valence-electron chi connectivity index (χ2n) is 6.59. The smallest absolute Gasteiger partial charge is 0.227 e. The minimum Gasteiger partial charge on any atom is -0.328 e. The highest BCUT2D eigenvalue weighted by Crippen LogP contribution is 2.28. The number of carbonyl (C=O) groups is 1. The van der Waals surface area contributed by atoms with Crippen LogP contribution in [0.25, 0.3) is 16.6 Å². The number of aromatic nitrogens is 2. The van der Waals surface area contributed by atoms with Crippen LogP contribution in [0.5, 0.6) is 0 Å². The number of benzene rings is 2. The highest BCUT2D eigenvalue weighted by Gasteiger charge is 2.31. The highest BCUT2D eigenvalue weighted by molar-refractivity contribution is 5.95. The van der Waals surface area contributed by atoms with Crippen molar-refractivity contribution in [3.8, 4) is 5.69 Å². The summed E-state index contributed by atoms with van der Waals surface area (Å²) in [5.74, 6) is 0.0926. The molecule has 2 aromatic carbocycles. The Bertz CT molecular complexity index is 915. The number of rotatable bonds is 3. The second kappa shape index (κ2) is 6.86. The Hall–Kier alpha value is -2.37. The fraction of sp³-hybridized carbons (Fsp3) is 0.263. The lowest BCUT2D eigenvalue weighted by Crippen LogP contribution is -2.42. The number of hydrogen-bond acceptors (Lipinski definition) is 3. The average Bonchev–Trinajstić information content (AvgIpc) is 2.95. The van der Waals surface area contributed by atoms with Crippen LogP contribution in [0.4, 0.5) is 5.69 Å². The highest BCUT2D eigenvalue weighted by atomic mass is 35.5. The molecule has 0 atom stereocenters. The first-order chi connectivity index (χ1) is 11.6. The Kier molecular flexibility index (Phi) is 4.79.